The molecule has 7 heteroatoms. The largest absolute Gasteiger partial charge is 0.503 e. The highest BCUT2D eigenvalue weighted by Crippen LogP contribution is 2.41. The molecule has 19 heavy (non-hydrogen) atoms. The fraction of sp³-hybridized carbons (Fsp3) is 0.417. The normalized spacial score (nSPS) is 28.1. The average Bonchev–Trinajstić information content (AvgIpc) is 2.83. The first-order chi connectivity index (χ1) is 9.00. The molecule has 2 atom stereocenters. The van der Waals surface area contributed by atoms with Crippen LogP contribution in [0.15, 0.2) is 6.07 Å². The molecule has 1 aliphatic carbocycles. The molecule has 0 radical (unpaired) electrons. The lowest BCUT2D eigenvalue weighted by atomic mass is 10.1. The Kier molecular flexibility index (Phi) is 2.67. The van der Waals surface area contributed by atoms with E-state index in [-0.39, 0.29) is 6.04 Å². The van der Waals surface area contributed by atoms with E-state index in [0.717, 1.165) is 13.1 Å². The lowest BCUT2D eigenvalue weighted by Crippen LogP contribution is -2.33. The Hall–Kier alpha value is -1.76. The second-order valence-corrected chi connectivity index (χ2v) is 4.87. The van der Waals surface area contributed by atoms with Crippen molar-refractivity contribution in [1.82, 2.24) is 10.6 Å². The number of amides is 1. The first-order valence-electron chi connectivity index (χ1n) is 5.88. The van der Waals surface area contributed by atoms with E-state index in [4.69, 9.17) is 5.11 Å². The predicted molar refractivity (Wildman–Crippen MR) is 59.1 cm³/mol. The second kappa shape index (κ2) is 4.12. The third kappa shape index (κ3) is 1.85. The van der Waals surface area contributed by atoms with Gasteiger partial charge in [0, 0.05) is 19.1 Å². The van der Waals surface area contributed by atoms with Crippen molar-refractivity contribution >= 4 is 5.91 Å². The van der Waals surface area contributed by atoms with Crippen LogP contribution in [0, 0.1) is 29.3 Å². The number of carbonyl (C=O) groups is 1. The van der Waals surface area contributed by atoms with E-state index in [1.807, 2.05) is 0 Å². The maximum Gasteiger partial charge on any atom is 0.254 e. The zero-order valence-electron chi connectivity index (χ0n) is 9.71. The summed E-state index contributed by atoms with van der Waals surface area (Å²) in [6.07, 6.45) is 0. The second-order valence-electron chi connectivity index (χ2n) is 4.87. The fourth-order valence-electron chi connectivity index (χ4n) is 2.62. The Labute approximate surface area is 106 Å². The van der Waals surface area contributed by atoms with E-state index in [1.54, 1.807) is 0 Å². The lowest BCUT2D eigenvalue weighted by molar-refractivity contribution is 0.0940. The van der Waals surface area contributed by atoms with Crippen molar-refractivity contribution in [2.24, 2.45) is 11.8 Å². The number of halogens is 3. The van der Waals surface area contributed by atoms with Gasteiger partial charge in [-0.05, 0) is 17.9 Å². The van der Waals surface area contributed by atoms with Gasteiger partial charge >= 0.3 is 0 Å². The quantitative estimate of drug-likeness (QED) is 0.696. The van der Waals surface area contributed by atoms with Gasteiger partial charge in [-0.2, -0.15) is 4.39 Å². The smallest absolute Gasteiger partial charge is 0.254 e. The summed E-state index contributed by atoms with van der Waals surface area (Å²) in [5, 5.41) is 14.7. The molecule has 3 N–H and O–H groups in total. The summed E-state index contributed by atoms with van der Waals surface area (Å²) >= 11 is 0. The summed E-state index contributed by atoms with van der Waals surface area (Å²) in [5.41, 5.74) is -0.686. The van der Waals surface area contributed by atoms with Crippen molar-refractivity contribution in [2.75, 3.05) is 13.1 Å². The van der Waals surface area contributed by atoms with Crippen molar-refractivity contribution in [3.8, 4) is 5.75 Å². The maximum absolute atomic E-state index is 13.5. The van der Waals surface area contributed by atoms with Crippen LogP contribution >= 0.6 is 0 Å². The van der Waals surface area contributed by atoms with Crippen LogP contribution in [-0.2, 0) is 0 Å². The molecular weight excluding hydrogens is 261 g/mol. The molecule has 102 valence electrons. The van der Waals surface area contributed by atoms with Crippen LogP contribution in [0.1, 0.15) is 10.4 Å². The van der Waals surface area contributed by atoms with Crippen molar-refractivity contribution in [2.45, 2.75) is 6.04 Å². The zero-order chi connectivity index (χ0) is 13.7. The molecular formula is C12H11F3N2O2. The summed E-state index contributed by atoms with van der Waals surface area (Å²) in [6.45, 7) is 1.56. The summed E-state index contributed by atoms with van der Waals surface area (Å²) in [6, 6.07) is 0.388. The average molecular weight is 272 g/mol. The molecule has 2 unspecified atom stereocenters. The molecule has 1 saturated heterocycles. The summed E-state index contributed by atoms with van der Waals surface area (Å²) < 4.78 is 39.5. The molecule has 0 aromatic heterocycles. The standard InChI is InChI=1S/C12H11F3N2O2/c13-7-1-4(8(14)11(18)9(7)15)12(19)17-10-5-2-16-3-6(5)10/h1,5-6,10,16,18H,2-3H2,(H,17,19). The molecule has 4 nitrogen and oxygen atoms in total. The molecule has 1 amide bonds. The minimum absolute atomic E-state index is 0.0663. The Bertz CT molecular complexity index is 554. The van der Waals surface area contributed by atoms with Gasteiger partial charge in [0.2, 0.25) is 5.82 Å². The number of hydrogen-bond donors (Lipinski definition) is 3. The van der Waals surface area contributed by atoms with Crippen molar-refractivity contribution in [3.05, 3.63) is 29.1 Å². The number of benzene rings is 1. The topological polar surface area (TPSA) is 61.4 Å². The molecule has 0 bridgehead atoms. The van der Waals surface area contributed by atoms with E-state index in [1.165, 1.54) is 0 Å². The third-order valence-electron chi connectivity index (χ3n) is 3.77. The van der Waals surface area contributed by atoms with Gasteiger partial charge in [0.15, 0.2) is 17.4 Å². The first kappa shape index (κ1) is 12.3. The maximum atomic E-state index is 13.5. The van der Waals surface area contributed by atoms with E-state index < -0.39 is 34.7 Å². The van der Waals surface area contributed by atoms with Crippen LogP contribution in [0.3, 0.4) is 0 Å². The predicted octanol–water partition coefficient (Wildman–Crippen LogP) is 0.757. The van der Waals surface area contributed by atoms with Gasteiger partial charge in [-0.1, -0.05) is 0 Å². The minimum Gasteiger partial charge on any atom is -0.503 e. The number of carbonyl (C=O) groups excluding carboxylic acids is 1. The number of aromatic hydroxyl groups is 1. The van der Waals surface area contributed by atoms with Gasteiger partial charge in [0.05, 0.1) is 5.56 Å². The van der Waals surface area contributed by atoms with Gasteiger partial charge in [-0.15, -0.1) is 0 Å². The third-order valence-corrected chi connectivity index (χ3v) is 3.77. The Morgan fingerprint density at radius 2 is 1.89 bits per heavy atom. The number of rotatable bonds is 2. The number of nitrogens with one attached hydrogen (secondary N) is 2. The van der Waals surface area contributed by atoms with E-state index in [0.29, 0.717) is 17.9 Å². The van der Waals surface area contributed by atoms with Crippen LogP contribution in [0.2, 0.25) is 0 Å². The molecule has 2 fully saturated rings. The minimum atomic E-state index is -1.69. The number of fused-ring (bicyclic) bond motifs is 1. The van der Waals surface area contributed by atoms with Crippen LogP contribution in [0.25, 0.3) is 0 Å². The number of hydrogen-bond acceptors (Lipinski definition) is 3. The Morgan fingerprint density at radius 1 is 1.26 bits per heavy atom. The summed E-state index contributed by atoms with van der Waals surface area (Å²) in [4.78, 5) is 11.8. The first-order valence-corrected chi connectivity index (χ1v) is 5.88. The molecule has 1 aromatic rings. The van der Waals surface area contributed by atoms with E-state index >= 15 is 0 Å². The van der Waals surface area contributed by atoms with Gasteiger partial charge in [-0.25, -0.2) is 8.78 Å². The number of phenolic OH excluding ortho intramolecular Hbond substituents is 1. The van der Waals surface area contributed by atoms with E-state index in [2.05, 4.69) is 10.6 Å². The van der Waals surface area contributed by atoms with Crippen molar-refractivity contribution in [1.29, 1.82) is 0 Å². The Morgan fingerprint density at radius 3 is 2.53 bits per heavy atom. The van der Waals surface area contributed by atoms with Crippen LogP contribution < -0.4 is 10.6 Å². The number of piperidine rings is 1. The van der Waals surface area contributed by atoms with Gasteiger partial charge in [0.1, 0.15) is 0 Å². The molecule has 2 aliphatic rings. The van der Waals surface area contributed by atoms with Gasteiger partial charge in [-0.3, -0.25) is 4.79 Å². The molecule has 3 rings (SSSR count). The van der Waals surface area contributed by atoms with Crippen LogP contribution in [-0.4, -0.2) is 30.1 Å². The van der Waals surface area contributed by atoms with Gasteiger partial charge in [0.25, 0.3) is 5.91 Å². The molecule has 1 aliphatic heterocycles. The molecule has 1 saturated carbocycles. The lowest BCUT2D eigenvalue weighted by Gasteiger charge is -2.09. The highest BCUT2D eigenvalue weighted by molar-refractivity contribution is 5.95. The van der Waals surface area contributed by atoms with Crippen LogP contribution in [0.5, 0.6) is 5.75 Å². The monoisotopic (exact) mass is 272 g/mol. The summed E-state index contributed by atoms with van der Waals surface area (Å²) in [7, 11) is 0. The highest BCUT2D eigenvalue weighted by atomic mass is 19.2. The van der Waals surface area contributed by atoms with Crippen molar-refractivity contribution in [3.63, 3.8) is 0 Å². The highest BCUT2D eigenvalue weighted by Gasteiger charge is 2.53. The molecule has 1 aromatic carbocycles. The number of phenols is 1. The van der Waals surface area contributed by atoms with E-state index in [9.17, 15) is 18.0 Å². The fourth-order valence-corrected chi connectivity index (χ4v) is 2.62. The molecule has 1 heterocycles. The van der Waals surface area contributed by atoms with Gasteiger partial charge < -0.3 is 15.7 Å². The molecule has 0 spiro atoms. The zero-order valence-corrected chi connectivity index (χ0v) is 9.71. The SMILES string of the molecule is O=C(NC1C2CNCC21)c1cc(F)c(F)c(O)c1F. The Balaban J connectivity index is 1.80. The van der Waals surface area contributed by atoms with Crippen molar-refractivity contribution < 1.29 is 23.1 Å². The summed E-state index contributed by atoms with van der Waals surface area (Å²) in [5.74, 6) is -6.28. The van der Waals surface area contributed by atoms with Crippen LogP contribution in [0.4, 0.5) is 13.2 Å².